The number of rotatable bonds is 8. The third-order valence-electron chi connectivity index (χ3n) is 3.16. The molecule has 0 heterocycles. The van der Waals surface area contributed by atoms with Gasteiger partial charge < -0.3 is 5.32 Å². The van der Waals surface area contributed by atoms with Gasteiger partial charge in [0.2, 0.25) is 0 Å². The summed E-state index contributed by atoms with van der Waals surface area (Å²) in [6.45, 7) is -0.185. The Labute approximate surface area is 125 Å². The second-order valence-corrected chi connectivity index (χ2v) is 4.98. The number of amides is 1. The third kappa shape index (κ3) is 5.61. The summed E-state index contributed by atoms with van der Waals surface area (Å²) >= 11 is 0. The van der Waals surface area contributed by atoms with E-state index in [1.807, 2.05) is 30.3 Å². The van der Waals surface area contributed by atoms with E-state index in [4.69, 9.17) is 0 Å². The molecule has 0 radical (unpaired) electrons. The van der Waals surface area contributed by atoms with E-state index < -0.39 is 18.0 Å². The first-order valence-corrected chi connectivity index (χ1v) is 7.02. The van der Waals surface area contributed by atoms with Crippen LogP contribution in [-0.2, 0) is 11.2 Å². The van der Waals surface area contributed by atoms with Gasteiger partial charge in [-0.05, 0) is 24.8 Å². The lowest BCUT2D eigenvalue weighted by Crippen LogP contribution is -2.50. The van der Waals surface area contributed by atoms with Crippen LogP contribution in [-0.4, -0.2) is 24.6 Å². The molecule has 0 bridgehead atoms. The lowest BCUT2D eigenvalue weighted by Gasteiger charge is -2.18. The van der Waals surface area contributed by atoms with Gasteiger partial charge in [0.25, 0.3) is 5.91 Å². The summed E-state index contributed by atoms with van der Waals surface area (Å²) in [5, 5.41) is 1.63. The molecule has 0 saturated heterocycles. The molecule has 1 N–H and O–H groups in total. The van der Waals surface area contributed by atoms with Crippen molar-refractivity contribution in [2.45, 2.75) is 44.2 Å². The quantitative estimate of drug-likeness (QED) is 0.566. The van der Waals surface area contributed by atoms with Gasteiger partial charge in [-0.1, -0.05) is 43.2 Å². The van der Waals surface area contributed by atoms with Crippen molar-refractivity contribution < 1.29 is 26.7 Å². The molecule has 0 aromatic heterocycles. The predicted octanol–water partition coefficient (Wildman–Crippen LogP) is 4.10. The molecule has 2 nitrogen and oxygen atoms in total. The van der Waals surface area contributed by atoms with E-state index in [-0.39, 0.29) is 6.54 Å². The maximum Gasteiger partial charge on any atom is 0.463 e. The van der Waals surface area contributed by atoms with E-state index in [1.165, 1.54) is 5.56 Å². The minimum Gasteiger partial charge on any atom is -0.351 e. The number of unbranched alkanes of at least 4 members (excludes halogenated alkanes) is 3. The van der Waals surface area contributed by atoms with Gasteiger partial charge in [-0.2, -0.15) is 22.0 Å². The fourth-order valence-electron chi connectivity index (χ4n) is 1.89. The van der Waals surface area contributed by atoms with Gasteiger partial charge in [0, 0.05) is 6.54 Å². The van der Waals surface area contributed by atoms with Crippen LogP contribution < -0.4 is 5.32 Å². The molecule has 1 rings (SSSR count). The Morgan fingerprint density at radius 3 is 2.09 bits per heavy atom. The van der Waals surface area contributed by atoms with E-state index >= 15 is 0 Å². The van der Waals surface area contributed by atoms with Gasteiger partial charge in [-0.3, -0.25) is 4.79 Å². The maximum atomic E-state index is 12.6. The van der Waals surface area contributed by atoms with Crippen LogP contribution in [0.1, 0.15) is 31.2 Å². The Hall–Kier alpha value is -1.66. The Balaban J connectivity index is 2.12. The van der Waals surface area contributed by atoms with Crippen LogP contribution in [0.3, 0.4) is 0 Å². The molecule has 22 heavy (non-hydrogen) atoms. The molecule has 124 valence electrons. The van der Waals surface area contributed by atoms with Crippen molar-refractivity contribution >= 4 is 5.91 Å². The molecular formula is C15H18F5NO. The normalized spacial score (nSPS) is 12.2. The van der Waals surface area contributed by atoms with Gasteiger partial charge >= 0.3 is 12.1 Å². The minimum absolute atomic E-state index is 0.185. The van der Waals surface area contributed by atoms with Gasteiger partial charge in [0.15, 0.2) is 0 Å². The maximum absolute atomic E-state index is 12.6. The van der Waals surface area contributed by atoms with E-state index in [0.29, 0.717) is 12.8 Å². The van der Waals surface area contributed by atoms with E-state index in [2.05, 4.69) is 0 Å². The number of hydrogen-bond donors (Lipinski definition) is 1. The first-order valence-electron chi connectivity index (χ1n) is 7.02. The number of halogens is 5. The zero-order chi connectivity index (χ0) is 16.6. The Bertz CT molecular complexity index is 459. The van der Waals surface area contributed by atoms with Crippen molar-refractivity contribution in [3.05, 3.63) is 35.9 Å². The Morgan fingerprint density at radius 1 is 0.909 bits per heavy atom. The SMILES string of the molecule is O=C(NCCCCCCc1ccccc1)C(F)(F)C(F)(F)F. The number of nitrogens with one attached hydrogen (secondary N) is 1. The van der Waals surface area contributed by atoms with Crippen molar-refractivity contribution in [1.82, 2.24) is 5.32 Å². The van der Waals surface area contributed by atoms with Gasteiger partial charge in [-0.15, -0.1) is 0 Å². The van der Waals surface area contributed by atoms with Crippen molar-refractivity contribution in [3.63, 3.8) is 0 Å². The van der Waals surface area contributed by atoms with Crippen molar-refractivity contribution in [1.29, 1.82) is 0 Å². The Kier molecular flexibility index (Phi) is 6.77. The molecule has 1 aromatic carbocycles. The number of alkyl halides is 5. The predicted molar refractivity (Wildman–Crippen MR) is 72.6 cm³/mol. The first-order chi connectivity index (χ1) is 10.2. The van der Waals surface area contributed by atoms with Crippen LogP contribution in [0.2, 0.25) is 0 Å². The number of hydrogen-bond acceptors (Lipinski definition) is 1. The zero-order valence-corrected chi connectivity index (χ0v) is 11.9. The highest BCUT2D eigenvalue weighted by atomic mass is 19.4. The van der Waals surface area contributed by atoms with Gasteiger partial charge in [-0.25, -0.2) is 0 Å². The van der Waals surface area contributed by atoms with Crippen molar-refractivity contribution in [3.8, 4) is 0 Å². The van der Waals surface area contributed by atoms with E-state index in [0.717, 1.165) is 19.3 Å². The molecular weight excluding hydrogens is 305 g/mol. The molecule has 0 saturated carbocycles. The van der Waals surface area contributed by atoms with Crippen molar-refractivity contribution in [2.24, 2.45) is 0 Å². The monoisotopic (exact) mass is 323 g/mol. The zero-order valence-electron chi connectivity index (χ0n) is 11.9. The van der Waals surface area contributed by atoms with Crippen LogP contribution in [0.5, 0.6) is 0 Å². The number of carbonyl (C=O) groups excluding carboxylic acids is 1. The van der Waals surface area contributed by atoms with Crippen LogP contribution in [0.15, 0.2) is 30.3 Å². The molecule has 0 fully saturated rings. The molecule has 0 aliphatic rings. The van der Waals surface area contributed by atoms with E-state index in [9.17, 15) is 26.7 Å². The highest BCUT2D eigenvalue weighted by molar-refractivity contribution is 5.84. The van der Waals surface area contributed by atoms with Crippen LogP contribution in [0.25, 0.3) is 0 Å². The average Bonchev–Trinajstić information content (AvgIpc) is 2.45. The smallest absolute Gasteiger partial charge is 0.351 e. The first kappa shape index (κ1) is 18.4. The van der Waals surface area contributed by atoms with Gasteiger partial charge in [0.05, 0.1) is 0 Å². The second kappa shape index (κ2) is 8.10. The largest absolute Gasteiger partial charge is 0.463 e. The molecule has 1 amide bonds. The number of carbonyl (C=O) groups is 1. The van der Waals surface area contributed by atoms with Crippen LogP contribution >= 0.6 is 0 Å². The third-order valence-corrected chi connectivity index (χ3v) is 3.16. The van der Waals surface area contributed by atoms with Crippen LogP contribution in [0, 0.1) is 0 Å². The summed E-state index contributed by atoms with van der Waals surface area (Å²) in [4.78, 5) is 10.8. The van der Waals surface area contributed by atoms with Gasteiger partial charge in [0.1, 0.15) is 0 Å². The van der Waals surface area contributed by atoms with Crippen molar-refractivity contribution in [2.75, 3.05) is 6.54 Å². The lowest BCUT2D eigenvalue weighted by molar-refractivity contribution is -0.269. The highest BCUT2D eigenvalue weighted by Gasteiger charge is 2.63. The summed E-state index contributed by atoms with van der Waals surface area (Å²) in [7, 11) is 0. The fraction of sp³-hybridized carbons (Fsp3) is 0.533. The molecule has 0 unspecified atom stereocenters. The second-order valence-electron chi connectivity index (χ2n) is 4.98. The summed E-state index contributed by atoms with van der Waals surface area (Å²) < 4.78 is 60.9. The summed E-state index contributed by atoms with van der Waals surface area (Å²) in [6.07, 6.45) is -2.22. The number of aryl methyl sites for hydroxylation is 1. The molecule has 7 heteroatoms. The fourth-order valence-corrected chi connectivity index (χ4v) is 1.89. The summed E-state index contributed by atoms with van der Waals surface area (Å²) in [6, 6.07) is 9.79. The molecule has 0 aliphatic heterocycles. The topological polar surface area (TPSA) is 29.1 Å². The highest BCUT2D eigenvalue weighted by Crippen LogP contribution is 2.35. The molecule has 0 aliphatic carbocycles. The molecule has 1 aromatic rings. The molecule has 0 spiro atoms. The Morgan fingerprint density at radius 2 is 1.50 bits per heavy atom. The van der Waals surface area contributed by atoms with Crippen LogP contribution in [0.4, 0.5) is 22.0 Å². The standard InChI is InChI=1S/C15H18F5NO/c16-14(17,15(18,19)20)13(22)21-11-7-2-1-4-8-12-9-5-3-6-10-12/h3,5-6,9-10H,1-2,4,7-8,11H2,(H,21,22). The number of benzene rings is 1. The lowest BCUT2D eigenvalue weighted by atomic mass is 10.1. The average molecular weight is 323 g/mol. The summed E-state index contributed by atoms with van der Waals surface area (Å²) in [5.41, 5.74) is 1.20. The van der Waals surface area contributed by atoms with E-state index in [1.54, 1.807) is 5.32 Å². The summed E-state index contributed by atoms with van der Waals surface area (Å²) in [5.74, 6) is -7.62. The minimum atomic E-state index is -5.85. The molecule has 0 atom stereocenters.